The van der Waals surface area contributed by atoms with E-state index >= 15 is 0 Å². The van der Waals surface area contributed by atoms with Gasteiger partial charge in [0.15, 0.2) is 0 Å². The van der Waals surface area contributed by atoms with E-state index < -0.39 is 0 Å². The van der Waals surface area contributed by atoms with Crippen molar-refractivity contribution in [3.05, 3.63) is 24.8 Å². The Morgan fingerprint density at radius 1 is 1.40 bits per heavy atom. The minimum Gasteiger partial charge on any atom is -0.346 e. The van der Waals surface area contributed by atoms with Crippen molar-refractivity contribution in [2.75, 3.05) is 0 Å². The Morgan fingerprint density at radius 3 is 2.85 bits per heavy atom. The lowest BCUT2D eigenvalue weighted by Gasteiger charge is -2.15. The molecule has 20 heavy (non-hydrogen) atoms. The van der Waals surface area contributed by atoms with Crippen LogP contribution in [0.25, 0.3) is 0 Å². The van der Waals surface area contributed by atoms with Crippen molar-refractivity contribution >= 4 is 5.91 Å². The highest BCUT2D eigenvalue weighted by Crippen LogP contribution is 2.12. The zero-order valence-electron chi connectivity index (χ0n) is 11.7. The van der Waals surface area contributed by atoms with Crippen LogP contribution in [0.1, 0.15) is 38.1 Å². The van der Waals surface area contributed by atoms with E-state index in [2.05, 4.69) is 25.5 Å². The second-order valence-electron chi connectivity index (χ2n) is 4.53. The van der Waals surface area contributed by atoms with E-state index in [9.17, 15) is 4.79 Å². The van der Waals surface area contributed by atoms with Gasteiger partial charge < -0.3 is 5.32 Å². The molecule has 2 rings (SSSR count). The highest BCUT2D eigenvalue weighted by molar-refractivity contribution is 5.76. The molecule has 0 unspecified atom stereocenters. The standard InChI is InChI=1S/C12H19N7O/c1-3-10(12-14-8-15-18(12)2)17-11(20)5-4-6-19-9-13-7-16-19/h7-10H,3-6H2,1-2H3,(H,17,20)/t10-/m1/s1. The average Bonchev–Trinajstić information content (AvgIpc) is 3.08. The quantitative estimate of drug-likeness (QED) is 0.793. The molecule has 1 amide bonds. The third-order valence-electron chi connectivity index (χ3n) is 3.06. The highest BCUT2D eigenvalue weighted by atomic mass is 16.1. The van der Waals surface area contributed by atoms with Gasteiger partial charge in [0.1, 0.15) is 24.8 Å². The van der Waals surface area contributed by atoms with E-state index in [1.807, 2.05) is 14.0 Å². The number of rotatable bonds is 7. The summed E-state index contributed by atoms with van der Waals surface area (Å²) in [6.45, 7) is 2.70. The number of hydrogen-bond donors (Lipinski definition) is 1. The third-order valence-corrected chi connectivity index (χ3v) is 3.06. The Bertz CT molecular complexity index is 534. The number of aryl methyl sites for hydroxylation is 2. The predicted molar refractivity (Wildman–Crippen MR) is 71.4 cm³/mol. The fourth-order valence-electron chi connectivity index (χ4n) is 1.99. The van der Waals surface area contributed by atoms with Crippen molar-refractivity contribution in [1.29, 1.82) is 0 Å². The minimum absolute atomic E-state index is 0.0139. The molecule has 0 aromatic carbocycles. The van der Waals surface area contributed by atoms with Crippen molar-refractivity contribution in [2.45, 2.75) is 38.8 Å². The van der Waals surface area contributed by atoms with Gasteiger partial charge in [-0.1, -0.05) is 6.92 Å². The van der Waals surface area contributed by atoms with Crippen molar-refractivity contribution in [3.8, 4) is 0 Å². The largest absolute Gasteiger partial charge is 0.346 e. The van der Waals surface area contributed by atoms with Gasteiger partial charge in [-0.2, -0.15) is 10.2 Å². The van der Waals surface area contributed by atoms with Gasteiger partial charge in [0.2, 0.25) is 5.91 Å². The molecule has 0 fully saturated rings. The topological polar surface area (TPSA) is 90.5 Å². The summed E-state index contributed by atoms with van der Waals surface area (Å²) in [4.78, 5) is 20.0. The molecule has 108 valence electrons. The molecule has 1 N–H and O–H groups in total. The second-order valence-corrected chi connectivity index (χ2v) is 4.53. The average molecular weight is 277 g/mol. The molecular weight excluding hydrogens is 258 g/mol. The maximum absolute atomic E-state index is 11.9. The van der Waals surface area contributed by atoms with Gasteiger partial charge >= 0.3 is 0 Å². The predicted octanol–water partition coefficient (Wildman–Crippen LogP) is 0.454. The zero-order chi connectivity index (χ0) is 14.4. The number of nitrogens with zero attached hydrogens (tertiary/aromatic N) is 6. The molecule has 8 heteroatoms. The van der Waals surface area contributed by atoms with Gasteiger partial charge in [-0.05, 0) is 12.8 Å². The van der Waals surface area contributed by atoms with Crippen LogP contribution in [-0.2, 0) is 18.4 Å². The molecule has 0 saturated heterocycles. The van der Waals surface area contributed by atoms with Crippen LogP contribution in [0.15, 0.2) is 19.0 Å². The molecule has 0 aliphatic carbocycles. The minimum atomic E-state index is -0.0960. The summed E-state index contributed by atoms with van der Waals surface area (Å²) >= 11 is 0. The summed E-state index contributed by atoms with van der Waals surface area (Å²) in [5.41, 5.74) is 0. The van der Waals surface area contributed by atoms with Crippen molar-refractivity contribution in [1.82, 2.24) is 34.8 Å². The summed E-state index contributed by atoms with van der Waals surface area (Å²) in [7, 11) is 1.82. The number of carbonyl (C=O) groups excluding carboxylic acids is 1. The van der Waals surface area contributed by atoms with Crippen molar-refractivity contribution < 1.29 is 4.79 Å². The molecule has 2 aromatic heterocycles. The normalized spacial score (nSPS) is 12.3. The van der Waals surface area contributed by atoms with Gasteiger partial charge in [0.25, 0.3) is 0 Å². The molecule has 0 bridgehead atoms. The van der Waals surface area contributed by atoms with Crippen molar-refractivity contribution in [3.63, 3.8) is 0 Å². The van der Waals surface area contributed by atoms with Crippen LogP contribution >= 0.6 is 0 Å². The number of amides is 1. The monoisotopic (exact) mass is 277 g/mol. The molecule has 0 aliphatic rings. The maximum Gasteiger partial charge on any atom is 0.220 e. The van der Waals surface area contributed by atoms with Crippen LogP contribution in [-0.4, -0.2) is 35.4 Å². The van der Waals surface area contributed by atoms with E-state index in [4.69, 9.17) is 0 Å². The first-order chi connectivity index (χ1) is 9.70. The Morgan fingerprint density at radius 2 is 2.25 bits per heavy atom. The molecule has 0 radical (unpaired) electrons. The number of hydrogen-bond acceptors (Lipinski definition) is 5. The van der Waals surface area contributed by atoms with Crippen LogP contribution in [0, 0.1) is 0 Å². The lowest BCUT2D eigenvalue weighted by atomic mass is 10.2. The van der Waals surface area contributed by atoms with Crippen LogP contribution in [0.4, 0.5) is 0 Å². The van der Waals surface area contributed by atoms with E-state index in [1.165, 1.54) is 12.7 Å². The van der Waals surface area contributed by atoms with Gasteiger partial charge in [0, 0.05) is 20.0 Å². The Balaban J connectivity index is 1.79. The maximum atomic E-state index is 11.9. The molecule has 2 heterocycles. The third kappa shape index (κ3) is 3.62. The lowest BCUT2D eigenvalue weighted by Crippen LogP contribution is -2.30. The Labute approximate surface area is 117 Å². The molecule has 0 aliphatic heterocycles. The van der Waals surface area contributed by atoms with Gasteiger partial charge in [0.05, 0.1) is 6.04 Å². The summed E-state index contributed by atoms with van der Waals surface area (Å²) in [5, 5.41) is 11.0. The van der Waals surface area contributed by atoms with Crippen molar-refractivity contribution in [2.24, 2.45) is 7.05 Å². The number of nitrogens with one attached hydrogen (secondary N) is 1. The van der Waals surface area contributed by atoms with E-state index in [-0.39, 0.29) is 11.9 Å². The molecule has 1 atom stereocenters. The number of aromatic nitrogens is 6. The van der Waals surface area contributed by atoms with E-state index in [0.717, 1.165) is 18.7 Å². The first-order valence-electron chi connectivity index (χ1n) is 6.66. The smallest absolute Gasteiger partial charge is 0.220 e. The summed E-state index contributed by atoms with van der Waals surface area (Å²) in [6.07, 6.45) is 6.59. The fraction of sp³-hybridized carbons (Fsp3) is 0.583. The van der Waals surface area contributed by atoms with Crippen LogP contribution < -0.4 is 5.32 Å². The van der Waals surface area contributed by atoms with E-state index in [1.54, 1.807) is 15.7 Å². The van der Waals surface area contributed by atoms with Gasteiger partial charge in [-0.3, -0.25) is 14.2 Å². The summed E-state index contributed by atoms with van der Waals surface area (Å²) in [6, 6.07) is -0.0960. The van der Waals surface area contributed by atoms with Gasteiger partial charge in [-0.25, -0.2) is 9.97 Å². The fourth-order valence-corrected chi connectivity index (χ4v) is 1.99. The van der Waals surface area contributed by atoms with Gasteiger partial charge in [-0.15, -0.1) is 0 Å². The molecule has 0 spiro atoms. The molecule has 0 saturated carbocycles. The van der Waals surface area contributed by atoms with Crippen LogP contribution in [0.3, 0.4) is 0 Å². The summed E-state index contributed by atoms with van der Waals surface area (Å²) in [5.74, 6) is 0.789. The molecule has 2 aromatic rings. The molecular formula is C12H19N7O. The van der Waals surface area contributed by atoms with E-state index in [0.29, 0.717) is 13.0 Å². The zero-order valence-corrected chi connectivity index (χ0v) is 11.7. The molecule has 8 nitrogen and oxygen atoms in total. The SMILES string of the molecule is CC[C@@H](NC(=O)CCCn1cncn1)c1ncnn1C. The van der Waals surface area contributed by atoms with Crippen LogP contribution in [0.5, 0.6) is 0 Å². The highest BCUT2D eigenvalue weighted by Gasteiger charge is 2.16. The number of carbonyl (C=O) groups is 1. The first-order valence-corrected chi connectivity index (χ1v) is 6.66. The summed E-state index contributed by atoms with van der Waals surface area (Å²) < 4.78 is 3.40. The lowest BCUT2D eigenvalue weighted by molar-refractivity contribution is -0.122. The van der Waals surface area contributed by atoms with Crippen LogP contribution in [0.2, 0.25) is 0 Å². The Kier molecular flexibility index (Phi) is 4.80. The first kappa shape index (κ1) is 14.2. The Hall–Kier alpha value is -2.25. The second kappa shape index (κ2) is 6.78.